The van der Waals surface area contributed by atoms with Gasteiger partial charge in [0.05, 0.1) is 12.6 Å². The van der Waals surface area contributed by atoms with Crippen molar-refractivity contribution in [2.24, 2.45) is 0 Å². The third-order valence-corrected chi connectivity index (χ3v) is 3.33. The number of carbonyl (C=O) groups is 1. The van der Waals surface area contributed by atoms with Gasteiger partial charge in [-0.2, -0.15) is 0 Å². The summed E-state index contributed by atoms with van der Waals surface area (Å²) in [4.78, 5) is 13.7. The van der Waals surface area contributed by atoms with E-state index in [1.54, 1.807) is 6.08 Å². The third-order valence-electron chi connectivity index (χ3n) is 3.33. The molecule has 1 saturated heterocycles. The van der Waals surface area contributed by atoms with Gasteiger partial charge in [-0.15, -0.1) is 0 Å². The number of ether oxygens (including phenoxy) is 1. The van der Waals surface area contributed by atoms with Crippen molar-refractivity contribution in [1.82, 2.24) is 4.90 Å². The van der Waals surface area contributed by atoms with Crippen LogP contribution in [0, 0.1) is 0 Å². The molecule has 0 aliphatic carbocycles. The van der Waals surface area contributed by atoms with Crippen LogP contribution in [0.5, 0.6) is 0 Å². The molecule has 1 aliphatic rings. The maximum absolute atomic E-state index is 11.6. The fraction of sp³-hybridized carbons (Fsp3) is 0.400. The number of nitrogens with zero attached hydrogens (tertiary/aromatic N) is 1. The van der Waals surface area contributed by atoms with Gasteiger partial charge in [-0.05, 0) is 18.1 Å². The molecule has 1 heterocycles. The molecule has 1 fully saturated rings. The molecule has 102 valence electrons. The molecule has 1 aromatic carbocycles. The predicted octanol–water partition coefficient (Wildman–Crippen LogP) is 1.35. The Balaban J connectivity index is 2.14. The molecule has 0 amide bonds. The van der Waals surface area contributed by atoms with Crippen LogP contribution in [0.15, 0.2) is 43.0 Å². The minimum Gasteiger partial charge on any atom is -0.456 e. The van der Waals surface area contributed by atoms with Crippen LogP contribution in [0.3, 0.4) is 0 Å². The number of hydrogen-bond acceptors (Lipinski definition) is 4. The zero-order valence-electron chi connectivity index (χ0n) is 10.9. The highest BCUT2D eigenvalue weighted by Gasteiger charge is 2.34. The lowest BCUT2D eigenvalue weighted by Gasteiger charge is -2.39. The van der Waals surface area contributed by atoms with Crippen molar-refractivity contribution in [1.29, 1.82) is 0 Å². The molecular weight excluding hydrogens is 242 g/mol. The first kappa shape index (κ1) is 13.8. The smallest absolute Gasteiger partial charge is 0.320 e. The first-order valence-corrected chi connectivity index (χ1v) is 6.45. The Hall–Kier alpha value is -1.65. The van der Waals surface area contributed by atoms with Crippen LogP contribution in [0.1, 0.15) is 12.0 Å². The van der Waals surface area contributed by atoms with E-state index in [2.05, 4.69) is 6.58 Å². The number of morpholine rings is 1. The van der Waals surface area contributed by atoms with Crippen molar-refractivity contribution in [3.63, 3.8) is 0 Å². The van der Waals surface area contributed by atoms with E-state index in [-0.39, 0.29) is 31.3 Å². The summed E-state index contributed by atoms with van der Waals surface area (Å²) < 4.78 is 5.26. The fourth-order valence-corrected chi connectivity index (χ4v) is 2.43. The fourth-order valence-electron chi connectivity index (χ4n) is 2.43. The first-order chi connectivity index (χ1) is 9.24. The number of esters is 1. The molecule has 0 saturated carbocycles. The number of cyclic esters (lactones) is 1. The van der Waals surface area contributed by atoms with Gasteiger partial charge >= 0.3 is 5.97 Å². The standard InChI is InChI=1S/C15H19NO3/c1-2-14-13(8-9-17)16(11-15(18)19-14)10-12-6-4-3-5-7-12/h2-7,13-14,17H,1,8-11H2/t13-,14-/m0/s1. The highest BCUT2D eigenvalue weighted by Crippen LogP contribution is 2.21. The van der Waals surface area contributed by atoms with Crippen molar-refractivity contribution in [3.8, 4) is 0 Å². The van der Waals surface area contributed by atoms with Gasteiger partial charge in [-0.1, -0.05) is 36.9 Å². The summed E-state index contributed by atoms with van der Waals surface area (Å²) >= 11 is 0. The second kappa shape index (κ2) is 6.50. The van der Waals surface area contributed by atoms with Gasteiger partial charge in [0.2, 0.25) is 0 Å². The van der Waals surface area contributed by atoms with Gasteiger partial charge in [0.1, 0.15) is 6.10 Å². The summed E-state index contributed by atoms with van der Waals surface area (Å²) in [5.41, 5.74) is 1.14. The molecule has 0 radical (unpaired) electrons. The Morgan fingerprint density at radius 2 is 2.16 bits per heavy atom. The summed E-state index contributed by atoms with van der Waals surface area (Å²) in [6.45, 7) is 4.70. The molecule has 19 heavy (non-hydrogen) atoms. The van der Waals surface area contributed by atoms with Crippen LogP contribution in [0.25, 0.3) is 0 Å². The van der Waals surface area contributed by atoms with E-state index in [1.807, 2.05) is 35.2 Å². The zero-order chi connectivity index (χ0) is 13.7. The lowest BCUT2D eigenvalue weighted by molar-refractivity contribution is -0.162. The number of hydrogen-bond donors (Lipinski definition) is 1. The second-order valence-corrected chi connectivity index (χ2v) is 4.66. The average molecular weight is 261 g/mol. The van der Waals surface area contributed by atoms with Crippen LogP contribution in [-0.2, 0) is 16.1 Å². The van der Waals surface area contributed by atoms with E-state index in [1.165, 1.54) is 0 Å². The van der Waals surface area contributed by atoms with Gasteiger partial charge in [0, 0.05) is 13.2 Å². The number of carbonyl (C=O) groups excluding carboxylic acids is 1. The van der Waals surface area contributed by atoms with Gasteiger partial charge < -0.3 is 9.84 Å². The van der Waals surface area contributed by atoms with Gasteiger partial charge in [0.15, 0.2) is 0 Å². The van der Waals surface area contributed by atoms with E-state index in [4.69, 9.17) is 4.74 Å². The highest BCUT2D eigenvalue weighted by molar-refractivity contribution is 5.73. The molecule has 0 aromatic heterocycles. The molecule has 1 N–H and O–H groups in total. The number of benzene rings is 1. The van der Waals surface area contributed by atoms with E-state index >= 15 is 0 Å². The van der Waals surface area contributed by atoms with Gasteiger partial charge in [-0.3, -0.25) is 9.69 Å². The predicted molar refractivity (Wildman–Crippen MR) is 72.4 cm³/mol. The Morgan fingerprint density at radius 1 is 1.42 bits per heavy atom. The van der Waals surface area contributed by atoms with Crippen LogP contribution in [0.4, 0.5) is 0 Å². The summed E-state index contributed by atoms with van der Waals surface area (Å²) in [6, 6.07) is 9.96. The zero-order valence-corrected chi connectivity index (χ0v) is 10.9. The summed E-state index contributed by atoms with van der Waals surface area (Å²) in [6.07, 6.45) is 1.85. The summed E-state index contributed by atoms with van der Waals surface area (Å²) in [7, 11) is 0. The van der Waals surface area contributed by atoms with Crippen LogP contribution in [-0.4, -0.2) is 41.3 Å². The SMILES string of the molecule is C=C[C@@H]1OC(=O)CN(Cc2ccccc2)[C@H]1CCO. The molecule has 1 aromatic rings. The van der Waals surface area contributed by atoms with E-state index in [0.717, 1.165) is 5.56 Å². The van der Waals surface area contributed by atoms with Gasteiger partial charge in [0.25, 0.3) is 0 Å². The normalized spacial score (nSPS) is 23.9. The van der Waals surface area contributed by atoms with Crippen molar-refractivity contribution in [3.05, 3.63) is 48.6 Å². The van der Waals surface area contributed by atoms with Crippen LogP contribution in [0.2, 0.25) is 0 Å². The first-order valence-electron chi connectivity index (χ1n) is 6.45. The molecule has 2 rings (SSSR count). The Bertz CT molecular complexity index is 432. The minimum atomic E-state index is -0.350. The van der Waals surface area contributed by atoms with Crippen LogP contribution < -0.4 is 0 Å². The highest BCUT2D eigenvalue weighted by atomic mass is 16.5. The molecule has 4 heteroatoms. The lowest BCUT2D eigenvalue weighted by Crippen LogP contribution is -2.52. The lowest BCUT2D eigenvalue weighted by atomic mass is 10.0. The second-order valence-electron chi connectivity index (χ2n) is 4.66. The van der Waals surface area contributed by atoms with Crippen LogP contribution >= 0.6 is 0 Å². The van der Waals surface area contributed by atoms with Gasteiger partial charge in [-0.25, -0.2) is 0 Å². The molecule has 1 aliphatic heterocycles. The van der Waals surface area contributed by atoms with E-state index in [9.17, 15) is 9.90 Å². The average Bonchev–Trinajstić information content (AvgIpc) is 2.42. The summed E-state index contributed by atoms with van der Waals surface area (Å²) in [5.74, 6) is -0.241. The summed E-state index contributed by atoms with van der Waals surface area (Å²) in [5, 5.41) is 9.18. The largest absolute Gasteiger partial charge is 0.456 e. The Morgan fingerprint density at radius 3 is 2.79 bits per heavy atom. The molecule has 0 spiro atoms. The van der Waals surface area contributed by atoms with Crippen molar-refractivity contribution in [2.75, 3.05) is 13.2 Å². The number of aliphatic hydroxyl groups excluding tert-OH is 1. The van der Waals surface area contributed by atoms with Crippen molar-refractivity contribution >= 4 is 5.97 Å². The topological polar surface area (TPSA) is 49.8 Å². The Labute approximate surface area is 113 Å². The molecule has 0 bridgehead atoms. The number of aliphatic hydroxyl groups is 1. The maximum atomic E-state index is 11.6. The van der Waals surface area contributed by atoms with Crippen molar-refractivity contribution in [2.45, 2.75) is 25.1 Å². The number of rotatable bonds is 5. The Kier molecular flexibility index (Phi) is 4.71. The minimum absolute atomic E-state index is 0.0135. The molecule has 2 atom stereocenters. The van der Waals surface area contributed by atoms with E-state index in [0.29, 0.717) is 13.0 Å². The quantitative estimate of drug-likeness (QED) is 0.642. The monoisotopic (exact) mass is 261 g/mol. The molecule has 4 nitrogen and oxygen atoms in total. The molecular formula is C15H19NO3. The van der Waals surface area contributed by atoms with Crippen molar-refractivity contribution < 1.29 is 14.6 Å². The molecule has 0 unspecified atom stereocenters. The third kappa shape index (κ3) is 3.43. The van der Waals surface area contributed by atoms with E-state index < -0.39 is 0 Å². The maximum Gasteiger partial charge on any atom is 0.320 e.